The van der Waals surface area contributed by atoms with Crippen LogP contribution < -0.4 is 10.2 Å². The summed E-state index contributed by atoms with van der Waals surface area (Å²) in [4.78, 5) is 35.7. The topological polar surface area (TPSA) is 92.6 Å². The van der Waals surface area contributed by atoms with Crippen LogP contribution in [0.5, 0.6) is 0 Å². The molecule has 122 valence electrons. The maximum absolute atomic E-state index is 12.1. The highest BCUT2D eigenvalue weighted by Gasteiger charge is 2.21. The molecule has 2 aromatic carbocycles. The van der Waals surface area contributed by atoms with E-state index in [9.17, 15) is 19.7 Å². The molecule has 1 aliphatic rings. The molecule has 24 heavy (non-hydrogen) atoms. The van der Waals surface area contributed by atoms with Crippen molar-refractivity contribution < 1.29 is 14.5 Å². The Bertz CT molecular complexity index is 784. The zero-order chi connectivity index (χ0) is 17.1. The zero-order valence-electron chi connectivity index (χ0n) is 12.8. The Morgan fingerprint density at radius 3 is 2.29 bits per heavy atom. The lowest BCUT2D eigenvalue weighted by molar-refractivity contribution is -0.384. The predicted molar refractivity (Wildman–Crippen MR) is 89.1 cm³/mol. The average Bonchev–Trinajstić information content (AvgIpc) is 3.01. The fourth-order valence-corrected chi connectivity index (χ4v) is 2.58. The largest absolute Gasteiger partial charge is 0.322 e. The Morgan fingerprint density at radius 1 is 1.08 bits per heavy atom. The van der Waals surface area contributed by atoms with Crippen LogP contribution in [-0.2, 0) is 4.79 Å². The zero-order valence-corrected chi connectivity index (χ0v) is 12.8. The summed E-state index contributed by atoms with van der Waals surface area (Å²) in [5.41, 5.74) is 1.67. The lowest BCUT2D eigenvalue weighted by Crippen LogP contribution is -2.23. The monoisotopic (exact) mass is 325 g/mol. The third-order valence-corrected chi connectivity index (χ3v) is 3.85. The van der Waals surface area contributed by atoms with Gasteiger partial charge in [0.15, 0.2) is 0 Å². The quantitative estimate of drug-likeness (QED) is 0.691. The molecule has 0 aromatic heterocycles. The Balaban J connectivity index is 1.68. The molecule has 1 saturated heterocycles. The number of anilines is 2. The lowest BCUT2D eigenvalue weighted by atomic mass is 10.2. The molecule has 0 bridgehead atoms. The molecular weight excluding hydrogens is 310 g/mol. The molecular formula is C17H15N3O4. The van der Waals surface area contributed by atoms with Gasteiger partial charge in [0.2, 0.25) is 5.91 Å². The van der Waals surface area contributed by atoms with Gasteiger partial charge in [-0.2, -0.15) is 0 Å². The second-order valence-corrected chi connectivity index (χ2v) is 5.45. The molecule has 2 aromatic rings. The third-order valence-electron chi connectivity index (χ3n) is 3.85. The molecule has 0 atom stereocenters. The van der Waals surface area contributed by atoms with Crippen molar-refractivity contribution in [1.29, 1.82) is 0 Å². The van der Waals surface area contributed by atoms with Crippen molar-refractivity contribution in [1.82, 2.24) is 0 Å². The summed E-state index contributed by atoms with van der Waals surface area (Å²) in [6.45, 7) is 0.716. The maximum atomic E-state index is 12.1. The van der Waals surface area contributed by atoms with Crippen molar-refractivity contribution in [2.24, 2.45) is 0 Å². The van der Waals surface area contributed by atoms with Crippen LogP contribution in [0.4, 0.5) is 17.1 Å². The molecule has 7 heteroatoms. The minimum Gasteiger partial charge on any atom is -0.322 e. The second-order valence-electron chi connectivity index (χ2n) is 5.45. The number of hydrogen-bond donors (Lipinski definition) is 1. The van der Waals surface area contributed by atoms with E-state index in [-0.39, 0.29) is 17.5 Å². The fourth-order valence-electron chi connectivity index (χ4n) is 2.58. The first kappa shape index (κ1) is 15.7. The van der Waals surface area contributed by atoms with Gasteiger partial charge < -0.3 is 10.2 Å². The number of hydrogen-bond acceptors (Lipinski definition) is 4. The van der Waals surface area contributed by atoms with Gasteiger partial charge in [-0.1, -0.05) is 0 Å². The lowest BCUT2D eigenvalue weighted by Gasteiger charge is -2.16. The van der Waals surface area contributed by atoms with Gasteiger partial charge in [-0.3, -0.25) is 19.7 Å². The number of nitrogens with one attached hydrogen (secondary N) is 1. The maximum Gasteiger partial charge on any atom is 0.269 e. The van der Waals surface area contributed by atoms with E-state index < -0.39 is 4.92 Å². The number of carbonyl (C=O) groups excluding carboxylic acids is 2. The summed E-state index contributed by atoms with van der Waals surface area (Å²) in [6.07, 6.45) is 1.43. The van der Waals surface area contributed by atoms with E-state index in [0.717, 1.165) is 12.1 Å². The van der Waals surface area contributed by atoms with Crippen LogP contribution in [0.1, 0.15) is 23.2 Å². The van der Waals surface area contributed by atoms with Crippen LogP contribution in [0.25, 0.3) is 0 Å². The molecule has 2 amide bonds. The predicted octanol–water partition coefficient (Wildman–Crippen LogP) is 2.97. The van der Waals surface area contributed by atoms with Gasteiger partial charge in [-0.25, -0.2) is 0 Å². The van der Waals surface area contributed by atoms with Gasteiger partial charge in [-0.05, 0) is 42.8 Å². The van der Waals surface area contributed by atoms with Crippen LogP contribution in [-0.4, -0.2) is 23.3 Å². The highest BCUT2D eigenvalue weighted by Crippen LogP contribution is 2.23. The minimum absolute atomic E-state index is 0.0637. The van der Waals surface area contributed by atoms with E-state index in [2.05, 4.69) is 5.32 Å². The van der Waals surface area contributed by atoms with Gasteiger partial charge in [0.25, 0.3) is 11.6 Å². The summed E-state index contributed by atoms with van der Waals surface area (Å²) in [5.74, 6) is -0.243. The highest BCUT2D eigenvalue weighted by atomic mass is 16.6. The van der Waals surface area contributed by atoms with Crippen LogP contribution in [0.2, 0.25) is 0 Å². The highest BCUT2D eigenvalue weighted by molar-refractivity contribution is 6.04. The number of nitrogens with zero attached hydrogens (tertiary/aromatic N) is 2. The van der Waals surface area contributed by atoms with Crippen molar-refractivity contribution in [2.75, 3.05) is 16.8 Å². The molecule has 0 spiro atoms. The molecule has 1 aliphatic heterocycles. The molecule has 1 N–H and O–H groups in total. The molecule has 3 rings (SSSR count). The summed E-state index contributed by atoms with van der Waals surface area (Å²) >= 11 is 0. The molecule has 1 heterocycles. The standard InChI is InChI=1S/C17H15N3O4/c21-16-2-1-11-19(16)14-9-5-13(6-10-14)18-17(22)12-3-7-15(8-4-12)20(23)24/h3-10H,1-2,11H2,(H,18,22). The van der Waals surface area contributed by atoms with E-state index in [1.165, 1.54) is 24.3 Å². The Kier molecular flexibility index (Phi) is 4.24. The Labute approximate surface area is 138 Å². The summed E-state index contributed by atoms with van der Waals surface area (Å²) in [6, 6.07) is 12.4. The van der Waals surface area contributed by atoms with Crippen molar-refractivity contribution in [3.63, 3.8) is 0 Å². The van der Waals surface area contributed by atoms with Crippen LogP contribution >= 0.6 is 0 Å². The number of benzene rings is 2. The van der Waals surface area contributed by atoms with Gasteiger partial charge in [0.05, 0.1) is 4.92 Å². The third kappa shape index (κ3) is 3.24. The van der Waals surface area contributed by atoms with Crippen molar-refractivity contribution in [2.45, 2.75) is 12.8 Å². The number of rotatable bonds is 4. The van der Waals surface area contributed by atoms with E-state index >= 15 is 0 Å². The molecule has 0 unspecified atom stereocenters. The molecule has 7 nitrogen and oxygen atoms in total. The SMILES string of the molecule is O=C(Nc1ccc(N2CCCC2=O)cc1)c1ccc([N+](=O)[O-])cc1. The first-order valence-electron chi connectivity index (χ1n) is 7.51. The van der Waals surface area contributed by atoms with E-state index in [0.29, 0.717) is 24.2 Å². The van der Waals surface area contributed by atoms with Gasteiger partial charge in [0, 0.05) is 42.0 Å². The van der Waals surface area contributed by atoms with Crippen LogP contribution in [0, 0.1) is 10.1 Å². The molecule has 0 radical (unpaired) electrons. The Hall–Kier alpha value is -3.22. The average molecular weight is 325 g/mol. The molecule has 0 saturated carbocycles. The number of amides is 2. The van der Waals surface area contributed by atoms with Gasteiger partial charge in [-0.15, -0.1) is 0 Å². The normalized spacial score (nSPS) is 13.8. The van der Waals surface area contributed by atoms with Gasteiger partial charge in [0.1, 0.15) is 0 Å². The van der Waals surface area contributed by atoms with Gasteiger partial charge >= 0.3 is 0 Å². The second kappa shape index (κ2) is 6.49. The summed E-state index contributed by atoms with van der Waals surface area (Å²) in [5, 5.41) is 13.3. The first-order valence-corrected chi connectivity index (χ1v) is 7.51. The fraction of sp³-hybridized carbons (Fsp3) is 0.176. The summed E-state index contributed by atoms with van der Waals surface area (Å²) in [7, 11) is 0. The number of carbonyl (C=O) groups is 2. The minimum atomic E-state index is -0.514. The number of non-ortho nitro benzene ring substituents is 1. The van der Waals surface area contributed by atoms with E-state index in [1.807, 2.05) is 0 Å². The first-order chi connectivity index (χ1) is 11.5. The van der Waals surface area contributed by atoms with Crippen molar-refractivity contribution >= 4 is 28.9 Å². The van der Waals surface area contributed by atoms with E-state index in [4.69, 9.17) is 0 Å². The summed E-state index contributed by atoms with van der Waals surface area (Å²) < 4.78 is 0. The van der Waals surface area contributed by atoms with Crippen LogP contribution in [0.15, 0.2) is 48.5 Å². The van der Waals surface area contributed by atoms with Crippen molar-refractivity contribution in [3.05, 3.63) is 64.2 Å². The van der Waals surface area contributed by atoms with Crippen LogP contribution in [0.3, 0.4) is 0 Å². The molecule has 1 fully saturated rings. The van der Waals surface area contributed by atoms with E-state index in [1.54, 1.807) is 29.2 Å². The number of nitro groups is 1. The molecule has 0 aliphatic carbocycles. The number of nitro benzene ring substituents is 1. The smallest absolute Gasteiger partial charge is 0.269 e. The van der Waals surface area contributed by atoms with Crippen molar-refractivity contribution in [3.8, 4) is 0 Å². The Morgan fingerprint density at radius 2 is 1.75 bits per heavy atom.